The Hall–Kier alpha value is -1.66. The third-order valence-electron chi connectivity index (χ3n) is 4.35. The summed E-state index contributed by atoms with van der Waals surface area (Å²) in [6.45, 7) is 7.03. The van der Waals surface area contributed by atoms with Crippen LogP contribution in [0.2, 0.25) is 0 Å². The van der Waals surface area contributed by atoms with Crippen LogP contribution in [0.1, 0.15) is 36.2 Å². The van der Waals surface area contributed by atoms with Gasteiger partial charge in [-0.2, -0.15) is 0 Å². The second-order valence-electron chi connectivity index (χ2n) is 6.87. The van der Waals surface area contributed by atoms with E-state index in [4.69, 9.17) is 18.9 Å². The fourth-order valence-electron chi connectivity index (χ4n) is 2.69. The number of aryl methyl sites for hydroxylation is 1. The van der Waals surface area contributed by atoms with Crippen molar-refractivity contribution in [2.45, 2.75) is 27.2 Å². The average Bonchev–Trinajstić information content (AvgIpc) is 2.68. The summed E-state index contributed by atoms with van der Waals surface area (Å²) in [7, 11) is 4.57. The molecule has 1 unspecified atom stereocenters. The zero-order valence-corrected chi connectivity index (χ0v) is 18.4. The van der Waals surface area contributed by atoms with E-state index in [1.54, 1.807) is 19.2 Å². The van der Waals surface area contributed by atoms with E-state index < -0.39 is 0 Å². The molecular formula is C22H30LiO5P. The molecule has 0 fully saturated rings. The Kier molecular flexibility index (Phi) is 10.6. The Balaban J connectivity index is 0.00000420. The first-order valence-electron chi connectivity index (χ1n) is 9.24. The van der Waals surface area contributed by atoms with Crippen molar-refractivity contribution in [3.8, 4) is 23.0 Å². The molecule has 29 heavy (non-hydrogen) atoms. The Morgan fingerprint density at radius 2 is 1.59 bits per heavy atom. The molecule has 154 valence electrons. The maximum absolute atomic E-state index is 13.0. The first-order chi connectivity index (χ1) is 13.4. The van der Waals surface area contributed by atoms with Gasteiger partial charge < -0.3 is 18.9 Å². The molecule has 0 radical (unpaired) electrons. The standard InChI is InChI=1S/C22H29O5P.Li.H/c1-14(2)9-10-27-16-7-8-20(15(3)11-16)28-22(23)21-18(25-5)12-17(24-4)13-19(21)26-6;;/h7-8,11-14,28H,9-10H2,1-6H3;;. The zero-order chi connectivity index (χ0) is 20.7. The van der Waals surface area contributed by atoms with Crippen LogP contribution in [0.25, 0.3) is 0 Å². The molecule has 2 aromatic carbocycles. The van der Waals surface area contributed by atoms with Crippen LogP contribution in [0.3, 0.4) is 0 Å². The first kappa shape index (κ1) is 25.4. The molecule has 2 aromatic rings. The Bertz CT molecular complexity index is 798. The summed E-state index contributed by atoms with van der Waals surface area (Å²) in [5, 5.41) is 0.973. The van der Waals surface area contributed by atoms with Crippen molar-refractivity contribution in [3.63, 3.8) is 0 Å². The number of carbonyl (C=O) groups excluding carboxylic acids is 1. The maximum atomic E-state index is 13.0. The van der Waals surface area contributed by atoms with Crippen LogP contribution in [0, 0.1) is 12.8 Å². The van der Waals surface area contributed by atoms with Crippen LogP contribution in [-0.2, 0) is 0 Å². The summed E-state index contributed by atoms with van der Waals surface area (Å²) in [5.41, 5.74) is 1.41. The minimum atomic E-state index is -0.0498. The van der Waals surface area contributed by atoms with Crippen molar-refractivity contribution in [2.75, 3.05) is 27.9 Å². The number of hydrogen-bond donors (Lipinski definition) is 0. The minimum absolute atomic E-state index is 0. The molecule has 2 rings (SSSR count). The number of benzene rings is 2. The van der Waals surface area contributed by atoms with Crippen LogP contribution in [0.4, 0.5) is 0 Å². The van der Waals surface area contributed by atoms with Crippen molar-refractivity contribution in [1.29, 1.82) is 0 Å². The molecule has 0 saturated heterocycles. The number of hydrogen-bond acceptors (Lipinski definition) is 5. The molecule has 0 aliphatic carbocycles. The van der Waals surface area contributed by atoms with Gasteiger partial charge in [0.05, 0.1) is 27.9 Å². The second-order valence-corrected chi connectivity index (χ2v) is 8.11. The number of methoxy groups -OCH3 is 3. The molecule has 7 heteroatoms. The van der Waals surface area contributed by atoms with E-state index in [1.165, 1.54) is 14.2 Å². The van der Waals surface area contributed by atoms with E-state index in [0.717, 1.165) is 23.0 Å². The third-order valence-corrected chi connectivity index (χ3v) is 5.66. The van der Waals surface area contributed by atoms with Gasteiger partial charge in [-0.15, -0.1) is 0 Å². The predicted octanol–water partition coefficient (Wildman–Crippen LogP) is 3.94. The predicted molar refractivity (Wildman–Crippen MR) is 122 cm³/mol. The first-order valence-corrected chi connectivity index (χ1v) is 10.2. The third kappa shape index (κ3) is 6.96. The fourth-order valence-corrected chi connectivity index (χ4v) is 3.74. The summed E-state index contributed by atoms with van der Waals surface area (Å²) in [4.78, 5) is 13.0. The molecule has 0 spiro atoms. The molecule has 0 amide bonds. The topological polar surface area (TPSA) is 54.0 Å². The Labute approximate surface area is 187 Å². The van der Waals surface area contributed by atoms with Gasteiger partial charge in [0.15, 0.2) is 5.52 Å². The average molecular weight is 412 g/mol. The van der Waals surface area contributed by atoms with Crippen molar-refractivity contribution in [1.82, 2.24) is 0 Å². The number of carbonyl (C=O) groups is 1. The van der Waals surface area contributed by atoms with Gasteiger partial charge in [0.25, 0.3) is 0 Å². The van der Waals surface area contributed by atoms with Gasteiger partial charge in [0.2, 0.25) is 0 Å². The normalized spacial score (nSPS) is 10.7. The molecule has 0 N–H and O–H groups in total. The number of rotatable bonds is 10. The van der Waals surface area contributed by atoms with Crippen molar-refractivity contribution >= 4 is 38.3 Å². The summed E-state index contributed by atoms with van der Waals surface area (Å²) in [5.74, 6) is 2.90. The van der Waals surface area contributed by atoms with Gasteiger partial charge in [-0.25, -0.2) is 0 Å². The molecule has 0 bridgehead atoms. The summed E-state index contributed by atoms with van der Waals surface area (Å²) < 4.78 is 21.9. The summed E-state index contributed by atoms with van der Waals surface area (Å²) >= 11 is 0. The molecular weight excluding hydrogens is 382 g/mol. The van der Waals surface area contributed by atoms with E-state index in [1.807, 2.05) is 25.1 Å². The molecule has 1 atom stereocenters. The quantitative estimate of drug-likeness (QED) is 0.437. The molecule has 0 aromatic heterocycles. The van der Waals surface area contributed by atoms with E-state index >= 15 is 0 Å². The van der Waals surface area contributed by atoms with Gasteiger partial charge in [0.1, 0.15) is 28.6 Å². The van der Waals surface area contributed by atoms with Gasteiger partial charge in [-0.3, -0.25) is 4.79 Å². The van der Waals surface area contributed by atoms with Crippen LogP contribution < -0.4 is 24.3 Å². The van der Waals surface area contributed by atoms with Gasteiger partial charge in [0, 0.05) is 12.1 Å². The van der Waals surface area contributed by atoms with Crippen molar-refractivity contribution in [3.05, 3.63) is 41.5 Å². The molecule has 0 heterocycles. The molecule has 0 aliphatic heterocycles. The fraction of sp³-hybridized carbons (Fsp3) is 0.409. The summed E-state index contributed by atoms with van der Waals surface area (Å²) in [6.07, 6.45) is 1.01. The van der Waals surface area contributed by atoms with Gasteiger partial charge in [-0.1, -0.05) is 19.9 Å². The van der Waals surface area contributed by atoms with Crippen LogP contribution >= 0.6 is 8.58 Å². The monoisotopic (exact) mass is 412 g/mol. The SMILES string of the molecule is COc1cc(OC)c(C(=O)Pc2ccc(OCCC(C)C)cc2C)c(OC)c1.[LiH]. The van der Waals surface area contributed by atoms with E-state index in [-0.39, 0.29) is 33.0 Å². The van der Waals surface area contributed by atoms with Gasteiger partial charge in [-0.05, 0) is 50.8 Å². The van der Waals surface area contributed by atoms with E-state index in [2.05, 4.69) is 13.8 Å². The van der Waals surface area contributed by atoms with Crippen LogP contribution in [0.15, 0.2) is 30.3 Å². The van der Waals surface area contributed by atoms with Gasteiger partial charge >= 0.3 is 18.9 Å². The molecule has 0 saturated carbocycles. The van der Waals surface area contributed by atoms with Crippen molar-refractivity contribution < 1.29 is 23.7 Å². The Morgan fingerprint density at radius 3 is 2.07 bits per heavy atom. The van der Waals surface area contributed by atoms with Crippen molar-refractivity contribution in [2.24, 2.45) is 5.92 Å². The number of ether oxygens (including phenoxy) is 4. The van der Waals surface area contributed by atoms with Crippen LogP contribution in [-0.4, -0.2) is 52.3 Å². The molecule has 5 nitrogen and oxygen atoms in total. The van der Waals surface area contributed by atoms with Crippen LogP contribution in [0.5, 0.6) is 23.0 Å². The Morgan fingerprint density at radius 1 is 0.966 bits per heavy atom. The zero-order valence-electron chi connectivity index (χ0n) is 17.4. The molecule has 0 aliphatic rings. The second kappa shape index (κ2) is 12.1. The van der Waals surface area contributed by atoms with E-state index in [0.29, 0.717) is 35.3 Å². The summed E-state index contributed by atoms with van der Waals surface area (Å²) in [6, 6.07) is 9.25. The van der Waals surface area contributed by atoms with E-state index in [9.17, 15) is 4.79 Å².